The van der Waals surface area contributed by atoms with Gasteiger partial charge in [0.15, 0.2) is 5.79 Å². The van der Waals surface area contributed by atoms with E-state index < -0.39 is 17.0 Å². The number of fused-ring (bicyclic) bond motifs is 3. The highest BCUT2D eigenvalue weighted by atomic mass is 16.7. The van der Waals surface area contributed by atoms with Gasteiger partial charge in [-0.1, -0.05) is 12.2 Å². The zero-order valence-electron chi connectivity index (χ0n) is 14.5. The van der Waals surface area contributed by atoms with E-state index in [4.69, 9.17) is 23.7 Å². The summed E-state index contributed by atoms with van der Waals surface area (Å²) in [5.74, 6) is -0.939. The molecule has 0 amide bonds. The van der Waals surface area contributed by atoms with Crippen LogP contribution in [0.3, 0.4) is 0 Å². The lowest BCUT2D eigenvalue weighted by atomic mass is 9.71. The van der Waals surface area contributed by atoms with Crippen molar-refractivity contribution in [2.45, 2.75) is 42.4 Å². The highest BCUT2D eigenvalue weighted by molar-refractivity contribution is 5.38. The maximum atomic E-state index is 11.6. The first-order valence-electron chi connectivity index (χ1n) is 8.52. The van der Waals surface area contributed by atoms with Gasteiger partial charge in [-0.3, -0.25) is 0 Å². The van der Waals surface area contributed by atoms with Crippen LogP contribution < -0.4 is 0 Å². The van der Waals surface area contributed by atoms with E-state index in [1.165, 1.54) is 0 Å². The van der Waals surface area contributed by atoms with Crippen molar-refractivity contribution in [3.8, 4) is 0 Å². The highest BCUT2D eigenvalue weighted by Gasteiger charge is 2.66. The number of methoxy groups -OCH3 is 3. The quantitative estimate of drug-likeness (QED) is 0.583. The average Bonchev–Trinajstić information content (AvgIpc) is 3.05. The topological polar surface area (TPSA) is 66.4 Å². The lowest BCUT2D eigenvalue weighted by molar-refractivity contribution is -0.267. The van der Waals surface area contributed by atoms with Crippen molar-refractivity contribution in [1.82, 2.24) is 0 Å². The monoisotopic (exact) mass is 338 g/mol. The largest absolute Gasteiger partial charge is 0.385 e. The molecule has 0 aromatic rings. The Balaban J connectivity index is 1.66. The van der Waals surface area contributed by atoms with Gasteiger partial charge in [0, 0.05) is 27.2 Å². The molecule has 4 aliphatic rings. The predicted octanol–water partition coefficient (Wildman–Crippen LogP) is 1.39. The summed E-state index contributed by atoms with van der Waals surface area (Å²) in [6.07, 6.45) is 8.49. The first-order valence-corrected chi connectivity index (χ1v) is 8.52. The van der Waals surface area contributed by atoms with Crippen molar-refractivity contribution in [3.63, 3.8) is 0 Å². The number of hydrogen-bond acceptors (Lipinski definition) is 6. The Hall–Kier alpha value is -0.760. The number of rotatable bonds is 6. The molecule has 6 nitrogen and oxygen atoms in total. The Kier molecular flexibility index (Phi) is 3.91. The van der Waals surface area contributed by atoms with Crippen molar-refractivity contribution >= 4 is 0 Å². The zero-order valence-corrected chi connectivity index (χ0v) is 14.5. The van der Waals surface area contributed by atoms with Crippen molar-refractivity contribution < 1.29 is 28.8 Å². The summed E-state index contributed by atoms with van der Waals surface area (Å²) in [4.78, 5) is 0. The van der Waals surface area contributed by atoms with Crippen molar-refractivity contribution in [2.24, 2.45) is 11.8 Å². The van der Waals surface area contributed by atoms with Crippen LogP contribution in [0.15, 0.2) is 23.8 Å². The summed E-state index contributed by atoms with van der Waals surface area (Å²) in [5, 5.41) is 11.6. The Labute approximate surface area is 142 Å². The Bertz CT molecular complexity index is 568. The average molecular weight is 338 g/mol. The second kappa shape index (κ2) is 5.62. The van der Waals surface area contributed by atoms with E-state index in [0.717, 1.165) is 18.4 Å². The Morgan fingerprint density at radius 1 is 1.25 bits per heavy atom. The van der Waals surface area contributed by atoms with Gasteiger partial charge in [-0.25, -0.2) is 0 Å². The number of aliphatic hydroxyl groups is 1. The lowest BCUT2D eigenvalue weighted by Crippen LogP contribution is -2.61. The minimum absolute atomic E-state index is 0.0451. The minimum Gasteiger partial charge on any atom is -0.385 e. The van der Waals surface area contributed by atoms with Gasteiger partial charge in [0.2, 0.25) is 0 Å². The third-order valence-corrected chi connectivity index (χ3v) is 6.32. The molecule has 134 valence electrons. The molecule has 3 aliphatic carbocycles. The molecule has 0 spiro atoms. The standard InChI is InChI=1S/C18H26O6/c1-20-11-24-16-8-12(5-7-15(16)23-10-16)17(19)9-13-4-6-14(17)18(13,21-2)22-3/h4,6,8,13-15,19H,5,7,9-11H2,1-3H3/t13-,14+,15+,16-,17+/m1/s1. The maximum absolute atomic E-state index is 11.6. The van der Waals surface area contributed by atoms with Gasteiger partial charge in [-0.05, 0) is 30.9 Å². The molecule has 0 aromatic carbocycles. The molecule has 2 bridgehead atoms. The molecule has 0 aromatic heterocycles. The van der Waals surface area contributed by atoms with Crippen molar-refractivity contribution in [3.05, 3.63) is 23.8 Å². The van der Waals surface area contributed by atoms with Crippen molar-refractivity contribution in [2.75, 3.05) is 34.7 Å². The molecular formula is C18H26O6. The van der Waals surface area contributed by atoms with Crippen LogP contribution in [0.1, 0.15) is 19.3 Å². The molecule has 4 rings (SSSR count). The Morgan fingerprint density at radius 3 is 2.62 bits per heavy atom. The van der Waals surface area contributed by atoms with E-state index in [1.807, 2.05) is 6.08 Å². The molecule has 2 fully saturated rings. The van der Waals surface area contributed by atoms with Crippen LogP contribution >= 0.6 is 0 Å². The molecule has 0 radical (unpaired) electrons. The molecule has 1 saturated carbocycles. The summed E-state index contributed by atoms with van der Waals surface area (Å²) in [7, 11) is 4.91. The maximum Gasteiger partial charge on any atom is 0.183 e. The Morgan fingerprint density at radius 2 is 2.04 bits per heavy atom. The van der Waals surface area contributed by atoms with Crippen molar-refractivity contribution in [1.29, 1.82) is 0 Å². The van der Waals surface area contributed by atoms with Gasteiger partial charge in [-0.2, -0.15) is 0 Å². The highest BCUT2D eigenvalue weighted by Crippen LogP contribution is 2.59. The molecule has 0 unspecified atom stereocenters. The molecular weight excluding hydrogens is 312 g/mol. The molecule has 24 heavy (non-hydrogen) atoms. The summed E-state index contributed by atoms with van der Waals surface area (Å²) in [5.41, 5.74) is -0.434. The first-order chi connectivity index (χ1) is 11.5. The smallest absolute Gasteiger partial charge is 0.183 e. The van der Waals surface area contributed by atoms with E-state index in [1.54, 1.807) is 21.3 Å². The SMILES string of the molecule is COCO[C@@]12C=C([C@@]3(O)C[C@H]4C=C[C@@H]3C4(OC)OC)CC[C@@H]1OC2. The summed E-state index contributed by atoms with van der Waals surface area (Å²) in [6, 6.07) is 0. The third-order valence-electron chi connectivity index (χ3n) is 6.32. The fourth-order valence-corrected chi connectivity index (χ4v) is 5.05. The fraction of sp³-hybridized carbons (Fsp3) is 0.778. The number of ether oxygens (including phenoxy) is 5. The fourth-order valence-electron chi connectivity index (χ4n) is 5.05. The van der Waals surface area contributed by atoms with E-state index in [-0.39, 0.29) is 24.7 Å². The first kappa shape index (κ1) is 16.7. The molecule has 1 aliphatic heterocycles. The van der Waals surface area contributed by atoms with Crippen LogP contribution in [0.5, 0.6) is 0 Å². The van der Waals surface area contributed by atoms with Gasteiger partial charge < -0.3 is 28.8 Å². The van der Waals surface area contributed by atoms with Gasteiger partial charge >= 0.3 is 0 Å². The van der Waals surface area contributed by atoms with E-state index in [9.17, 15) is 5.11 Å². The van der Waals surface area contributed by atoms with Gasteiger partial charge in [0.1, 0.15) is 12.4 Å². The van der Waals surface area contributed by atoms with Gasteiger partial charge in [0.25, 0.3) is 0 Å². The minimum atomic E-state index is -0.963. The molecule has 1 N–H and O–H groups in total. The lowest BCUT2D eigenvalue weighted by Gasteiger charge is -2.51. The van der Waals surface area contributed by atoms with Crippen LogP contribution in [-0.2, 0) is 23.7 Å². The second-order valence-electron chi connectivity index (χ2n) is 7.24. The van der Waals surface area contributed by atoms with E-state index in [0.29, 0.717) is 13.0 Å². The summed E-state index contributed by atoms with van der Waals surface area (Å²) in [6.45, 7) is 0.721. The van der Waals surface area contributed by atoms with Gasteiger partial charge in [-0.15, -0.1) is 0 Å². The van der Waals surface area contributed by atoms with Crippen LogP contribution in [0.25, 0.3) is 0 Å². The summed E-state index contributed by atoms with van der Waals surface area (Å²) >= 11 is 0. The number of hydrogen-bond donors (Lipinski definition) is 1. The second-order valence-corrected chi connectivity index (χ2v) is 7.24. The molecule has 6 heteroatoms. The van der Waals surface area contributed by atoms with E-state index >= 15 is 0 Å². The third kappa shape index (κ3) is 1.98. The normalized spacial score (nSPS) is 45.0. The van der Waals surface area contributed by atoms with Crippen LogP contribution in [0, 0.1) is 11.8 Å². The molecule has 5 atom stereocenters. The summed E-state index contributed by atoms with van der Waals surface area (Å²) < 4.78 is 28.1. The van der Waals surface area contributed by atoms with Crippen LogP contribution in [0.2, 0.25) is 0 Å². The van der Waals surface area contributed by atoms with Gasteiger partial charge in [0.05, 0.1) is 24.2 Å². The zero-order chi connectivity index (χ0) is 17.0. The van der Waals surface area contributed by atoms with E-state index in [2.05, 4.69) is 12.2 Å². The molecule has 1 saturated heterocycles. The van der Waals surface area contributed by atoms with Crippen LogP contribution in [0.4, 0.5) is 0 Å². The predicted molar refractivity (Wildman–Crippen MR) is 85.2 cm³/mol. The van der Waals surface area contributed by atoms with Crippen LogP contribution in [-0.4, -0.2) is 62.9 Å². The molecule has 1 heterocycles.